The molecule has 0 aromatic heterocycles. The van der Waals surface area contributed by atoms with Crippen molar-refractivity contribution in [1.29, 1.82) is 0 Å². The lowest BCUT2D eigenvalue weighted by Gasteiger charge is -2.29. The first kappa shape index (κ1) is 12.4. The van der Waals surface area contributed by atoms with Gasteiger partial charge in [-0.15, -0.1) is 0 Å². The Morgan fingerprint density at radius 2 is 1.88 bits per heavy atom. The molecule has 0 spiro atoms. The van der Waals surface area contributed by atoms with E-state index < -0.39 is 0 Å². The first-order valence-electron chi connectivity index (χ1n) is 6.70. The van der Waals surface area contributed by atoms with Gasteiger partial charge >= 0.3 is 0 Å². The lowest BCUT2D eigenvalue weighted by atomic mass is 10.0. The predicted molar refractivity (Wildman–Crippen MR) is 71.0 cm³/mol. The van der Waals surface area contributed by atoms with Crippen LogP contribution >= 0.6 is 0 Å². The van der Waals surface area contributed by atoms with Gasteiger partial charge in [0, 0.05) is 13.1 Å². The Morgan fingerprint density at radius 3 is 2.47 bits per heavy atom. The summed E-state index contributed by atoms with van der Waals surface area (Å²) in [6.45, 7) is 6.33. The standard InChI is InChI=1S/C15H22FN/c1-12(2)10-13-6-7-15(14(16)11-13)17-8-4-3-5-9-17/h6-7,11-12H,3-5,8-10H2,1-2H3. The maximum absolute atomic E-state index is 14.0. The van der Waals surface area contributed by atoms with Crippen LogP contribution in [0.5, 0.6) is 0 Å². The molecular weight excluding hydrogens is 213 g/mol. The van der Waals surface area contributed by atoms with Gasteiger partial charge in [0.25, 0.3) is 0 Å². The molecule has 0 radical (unpaired) electrons. The van der Waals surface area contributed by atoms with Crippen LogP contribution in [0.15, 0.2) is 18.2 Å². The van der Waals surface area contributed by atoms with Gasteiger partial charge in [-0.25, -0.2) is 4.39 Å². The fourth-order valence-electron chi connectivity index (χ4n) is 2.54. The highest BCUT2D eigenvalue weighted by molar-refractivity contribution is 5.49. The lowest BCUT2D eigenvalue weighted by Crippen LogP contribution is -2.30. The van der Waals surface area contributed by atoms with Crippen molar-refractivity contribution in [3.05, 3.63) is 29.6 Å². The van der Waals surface area contributed by atoms with E-state index in [0.29, 0.717) is 5.92 Å². The summed E-state index contributed by atoms with van der Waals surface area (Å²) < 4.78 is 14.0. The minimum atomic E-state index is -0.0509. The van der Waals surface area contributed by atoms with Crippen LogP contribution in [-0.2, 0) is 6.42 Å². The van der Waals surface area contributed by atoms with E-state index in [-0.39, 0.29) is 5.82 Å². The van der Waals surface area contributed by atoms with E-state index in [1.54, 1.807) is 6.07 Å². The van der Waals surface area contributed by atoms with Gasteiger partial charge in [0.1, 0.15) is 5.82 Å². The fraction of sp³-hybridized carbons (Fsp3) is 0.600. The summed E-state index contributed by atoms with van der Waals surface area (Å²) >= 11 is 0. The van der Waals surface area contributed by atoms with E-state index in [2.05, 4.69) is 24.8 Å². The maximum Gasteiger partial charge on any atom is 0.146 e. The molecule has 0 bridgehead atoms. The quantitative estimate of drug-likeness (QED) is 0.765. The average Bonchev–Trinajstić information content (AvgIpc) is 2.29. The van der Waals surface area contributed by atoms with E-state index in [4.69, 9.17) is 0 Å². The number of anilines is 1. The van der Waals surface area contributed by atoms with Crippen molar-refractivity contribution in [2.75, 3.05) is 18.0 Å². The molecule has 0 saturated carbocycles. The van der Waals surface area contributed by atoms with E-state index in [1.807, 2.05) is 6.07 Å². The van der Waals surface area contributed by atoms with Crippen molar-refractivity contribution in [2.45, 2.75) is 39.5 Å². The zero-order valence-electron chi connectivity index (χ0n) is 10.9. The smallest absolute Gasteiger partial charge is 0.146 e. The molecule has 1 aromatic carbocycles. The lowest BCUT2D eigenvalue weighted by molar-refractivity contribution is 0.555. The SMILES string of the molecule is CC(C)Cc1ccc(N2CCCCC2)c(F)c1. The summed E-state index contributed by atoms with van der Waals surface area (Å²) in [7, 11) is 0. The zero-order chi connectivity index (χ0) is 12.3. The minimum Gasteiger partial charge on any atom is -0.369 e. The predicted octanol–water partition coefficient (Wildman–Crippen LogP) is 4.01. The molecule has 1 nitrogen and oxygen atoms in total. The highest BCUT2D eigenvalue weighted by Gasteiger charge is 2.14. The number of hydrogen-bond acceptors (Lipinski definition) is 1. The first-order chi connectivity index (χ1) is 8.16. The third kappa shape index (κ3) is 3.21. The second kappa shape index (κ2) is 5.52. The average molecular weight is 235 g/mol. The number of hydrogen-bond donors (Lipinski definition) is 0. The Kier molecular flexibility index (Phi) is 4.03. The number of benzene rings is 1. The van der Waals surface area contributed by atoms with Gasteiger partial charge in [0.15, 0.2) is 0 Å². The van der Waals surface area contributed by atoms with Crippen LogP contribution in [0.4, 0.5) is 10.1 Å². The van der Waals surface area contributed by atoms with Gasteiger partial charge in [-0.1, -0.05) is 19.9 Å². The number of nitrogens with zero attached hydrogens (tertiary/aromatic N) is 1. The summed E-state index contributed by atoms with van der Waals surface area (Å²) in [6, 6.07) is 5.75. The third-order valence-corrected chi connectivity index (χ3v) is 3.35. The summed E-state index contributed by atoms with van der Waals surface area (Å²) in [5.74, 6) is 0.528. The van der Waals surface area contributed by atoms with Gasteiger partial charge in [-0.05, 0) is 49.3 Å². The molecule has 2 heteroatoms. The van der Waals surface area contributed by atoms with Crippen molar-refractivity contribution >= 4 is 5.69 Å². The Balaban J connectivity index is 2.13. The third-order valence-electron chi connectivity index (χ3n) is 3.35. The second-order valence-electron chi connectivity index (χ2n) is 5.43. The second-order valence-corrected chi connectivity index (χ2v) is 5.43. The molecule has 0 N–H and O–H groups in total. The monoisotopic (exact) mass is 235 g/mol. The summed E-state index contributed by atoms with van der Waals surface area (Å²) in [6.07, 6.45) is 4.61. The Bertz CT molecular complexity index is 367. The van der Waals surface area contributed by atoms with Crippen LogP contribution in [0.1, 0.15) is 38.7 Å². The fourth-order valence-corrected chi connectivity index (χ4v) is 2.54. The Labute approximate surface area is 104 Å². The van der Waals surface area contributed by atoms with Crippen molar-refractivity contribution in [2.24, 2.45) is 5.92 Å². The van der Waals surface area contributed by atoms with Crippen molar-refractivity contribution in [3.63, 3.8) is 0 Å². The Morgan fingerprint density at radius 1 is 1.18 bits per heavy atom. The van der Waals surface area contributed by atoms with Gasteiger partial charge < -0.3 is 4.90 Å². The molecule has 1 aliphatic rings. The van der Waals surface area contributed by atoms with E-state index in [1.165, 1.54) is 19.3 Å². The molecule has 0 unspecified atom stereocenters. The minimum absolute atomic E-state index is 0.0509. The molecule has 2 rings (SSSR count). The van der Waals surface area contributed by atoms with E-state index in [9.17, 15) is 4.39 Å². The van der Waals surface area contributed by atoms with Crippen LogP contribution in [0.3, 0.4) is 0 Å². The van der Waals surface area contributed by atoms with Crippen LogP contribution < -0.4 is 4.90 Å². The molecular formula is C15H22FN. The molecule has 1 fully saturated rings. The van der Waals surface area contributed by atoms with E-state index >= 15 is 0 Å². The van der Waals surface area contributed by atoms with Gasteiger partial charge in [-0.3, -0.25) is 0 Å². The molecule has 17 heavy (non-hydrogen) atoms. The molecule has 1 aliphatic heterocycles. The molecule has 0 amide bonds. The van der Waals surface area contributed by atoms with Crippen LogP contribution in [0, 0.1) is 11.7 Å². The molecule has 0 aliphatic carbocycles. The first-order valence-corrected chi connectivity index (χ1v) is 6.70. The molecule has 0 atom stereocenters. The maximum atomic E-state index is 14.0. The summed E-state index contributed by atoms with van der Waals surface area (Å²) in [4.78, 5) is 2.18. The van der Waals surface area contributed by atoms with E-state index in [0.717, 1.165) is 30.8 Å². The van der Waals surface area contributed by atoms with Gasteiger partial charge in [-0.2, -0.15) is 0 Å². The summed E-state index contributed by atoms with van der Waals surface area (Å²) in [5, 5.41) is 0. The van der Waals surface area contributed by atoms with Crippen molar-refractivity contribution < 1.29 is 4.39 Å². The Hall–Kier alpha value is -1.05. The van der Waals surface area contributed by atoms with Gasteiger partial charge in [0.2, 0.25) is 0 Å². The summed E-state index contributed by atoms with van der Waals surface area (Å²) in [5.41, 5.74) is 1.90. The largest absolute Gasteiger partial charge is 0.369 e. The number of rotatable bonds is 3. The molecule has 1 heterocycles. The van der Waals surface area contributed by atoms with Crippen molar-refractivity contribution in [1.82, 2.24) is 0 Å². The molecule has 1 aromatic rings. The number of piperidine rings is 1. The van der Waals surface area contributed by atoms with Crippen LogP contribution in [0.25, 0.3) is 0 Å². The van der Waals surface area contributed by atoms with Crippen LogP contribution in [-0.4, -0.2) is 13.1 Å². The van der Waals surface area contributed by atoms with Gasteiger partial charge in [0.05, 0.1) is 5.69 Å². The number of halogens is 1. The molecule has 94 valence electrons. The normalized spacial score (nSPS) is 16.6. The molecule has 1 saturated heterocycles. The zero-order valence-corrected chi connectivity index (χ0v) is 10.9. The topological polar surface area (TPSA) is 3.24 Å². The van der Waals surface area contributed by atoms with Crippen molar-refractivity contribution in [3.8, 4) is 0 Å². The highest BCUT2D eigenvalue weighted by atomic mass is 19.1. The highest BCUT2D eigenvalue weighted by Crippen LogP contribution is 2.24. The van der Waals surface area contributed by atoms with Crippen LogP contribution in [0.2, 0.25) is 0 Å².